The molecule has 0 fully saturated rings. The predicted molar refractivity (Wildman–Crippen MR) is 32.8 cm³/mol. The van der Waals surface area contributed by atoms with Crippen molar-refractivity contribution in [3.05, 3.63) is 23.8 Å². The molecule has 0 aliphatic carbocycles. The summed E-state index contributed by atoms with van der Waals surface area (Å²) in [5, 5.41) is 17.4. The van der Waals surface area contributed by atoms with Gasteiger partial charge < -0.3 is 15.0 Å². The van der Waals surface area contributed by atoms with Gasteiger partial charge in [-0.15, -0.1) is 0 Å². The first kappa shape index (κ1) is 20.2. The van der Waals surface area contributed by atoms with Crippen molar-refractivity contribution in [2.24, 2.45) is 0 Å². The molecule has 2 N–H and O–H groups in total. The van der Waals surface area contributed by atoms with Crippen LogP contribution in [0, 0.1) is 12.1 Å². The summed E-state index contributed by atoms with van der Waals surface area (Å²) in [6.07, 6.45) is 0.510. The maximum absolute atomic E-state index is 10.0. The van der Waals surface area contributed by atoms with Gasteiger partial charge in [0.25, 0.3) is 0 Å². The molecule has 6 heteroatoms. The van der Waals surface area contributed by atoms with Gasteiger partial charge in [-0.25, -0.2) is 17.7 Å². The second-order valence-corrected chi connectivity index (χ2v) is 1.68. The maximum Gasteiger partial charge on any atom is 0.0110 e. The van der Waals surface area contributed by atoms with Crippen LogP contribution in [0.4, 0.5) is 0 Å². The van der Waals surface area contributed by atoms with Gasteiger partial charge in [-0.1, -0.05) is 0 Å². The Balaban J connectivity index is -0.000000333. The SMILES string of the molecule is O=Cc1[c-]c(O)c(O)[c-]c1.[Y].[Y].[Y]. The Morgan fingerprint density at radius 3 is 2.08 bits per heavy atom. The van der Waals surface area contributed by atoms with Crippen molar-refractivity contribution in [2.45, 2.75) is 0 Å². The van der Waals surface area contributed by atoms with Gasteiger partial charge in [-0.05, 0) is 11.5 Å². The van der Waals surface area contributed by atoms with Crippen molar-refractivity contribution >= 4 is 6.29 Å². The number of rotatable bonds is 1. The molecule has 0 amide bonds. The van der Waals surface area contributed by atoms with E-state index in [9.17, 15) is 4.79 Å². The average molecular weight is 403 g/mol. The third-order valence-electron chi connectivity index (χ3n) is 0.978. The van der Waals surface area contributed by atoms with Crippen LogP contribution in [0.15, 0.2) is 6.07 Å². The number of aldehydes is 1. The second-order valence-electron chi connectivity index (χ2n) is 1.68. The standard InChI is InChI=1S/C7H4O3.3Y/c8-4-5-1-2-6(9)7(10)3-5;;;/h1,4,9-10H;;;/q-2;;;. The summed E-state index contributed by atoms with van der Waals surface area (Å²) in [4.78, 5) is 10.0. The van der Waals surface area contributed by atoms with Gasteiger partial charge in [0, 0.05) is 104 Å². The fourth-order valence-corrected chi connectivity index (χ4v) is 0.510. The zero-order chi connectivity index (χ0) is 7.56. The minimum absolute atomic E-state index is 0. The number of hydrogen-bond acceptors (Lipinski definition) is 3. The summed E-state index contributed by atoms with van der Waals surface area (Å²) in [7, 11) is 0. The summed E-state index contributed by atoms with van der Waals surface area (Å²) in [6, 6.07) is 5.73. The zero-order valence-electron chi connectivity index (χ0n) is 6.69. The van der Waals surface area contributed by atoms with Gasteiger partial charge in [-0.2, -0.15) is 0 Å². The Morgan fingerprint density at radius 1 is 1.15 bits per heavy atom. The fourth-order valence-electron chi connectivity index (χ4n) is 0.510. The van der Waals surface area contributed by atoms with E-state index in [1.807, 2.05) is 0 Å². The van der Waals surface area contributed by atoms with Crippen LogP contribution in [0.25, 0.3) is 0 Å². The Morgan fingerprint density at radius 2 is 1.69 bits per heavy atom. The largest absolute Gasteiger partial charge is 0.581 e. The number of hydrogen-bond donors (Lipinski definition) is 2. The number of aromatic hydroxyl groups is 2. The summed E-state index contributed by atoms with van der Waals surface area (Å²) in [5.41, 5.74) is 0.162. The molecule has 0 aliphatic rings. The first-order chi connectivity index (χ1) is 4.74. The number of phenolic OH excluding ortho intramolecular Hbond substituents is 2. The monoisotopic (exact) mass is 403 g/mol. The summed E-state index contributed by atoms with van der Waals surface area (Å²) in [6.45, 7) is 0. The number of benzene rings is 1. The molecule has 0 heterocycles. The molecule has 0 unspecified atom stereocenters. The molecule has 0 saturated heterocycles. The van der Waals surface area contributed by atoms with Crippen LogP contribution >= 0.6 is 0 Å². The molecule has 61 valence electrons. The topological polar surface area (TPSA) is 57.5 Å². The van der Waals surface area contributed by atoms with Crippen molar-refractivity contribution in [2.75, 3.05) is 0 Å². The smallest absolute Gasteiger partial charge is 0.0110 e. The van der Waals surface area contributed by atoms with E-state index in [1.165, 1.54) is 6.07 Å². The molecule has 0 bridgehead atoms. The van der Waals surface area contributed by atoms with Gasteiger partial charge in [0.15, 0.2) is 0 Å². The third kappa shape index (κ3) is 6.81. The average Bonchev–Trinajstić information content (AvgIpc) is 1.95. The Kier molecular flexibility index (Phi) is 16.1. The van der Waals surface area contributed by atoms with E-state index in [2.05, 4.69) is 12.1 Å². The van der Waals surface area contributed by atoms with Gasteiger partial charge in [-0.3, -0.25) is 6.07 Å². The van der Waals surface area contributed by atoms with Gasteiger partial charge in [0.05, 0.1) is 0 Å². The van der Waals surface area contributed by atoms with Crippen molar-refractivity contribution in [1.29, 1.82) is 0 Å². The molecule has 1 aromatic rings. The molecule has 1 rings (SSSR count). The van der Waals surface area contributed by atoms with Crippen LogP contribution in [0.1, 0.15) is 10.4 Å². The number of carbonyl (C=O) groups excluding carboxylic acids is 1. The molecule has 3 nitrogen and oxygen atoms in total. The van der Waals surface area contributed by atoms with Crippen LogP contribution in [-0.4, -0.2) is 16.5 Å². The Bertz CT molecular complexity index is 265. The van der Waals surface area contributed by atoms with Crippen LogP contribution in [0.5, 0.6) is 11.5 Å². The second kappa shape index (κ2) is 10.3. The van der Waals surface area contributed by atoms with E-state index in [1.54, 1.807) is 0 Å². The van der Waals surface area contributed by atoms with Crippen LogP contribution in [0.2, 0.25) is 0 Å². The van der Waals surface area contributed by atoms with Crippen molar-refractivity contribution in [1.82, 2.24) is 0 Å². The first-order valence-electron chi connectivity index (χ1n) is 2.55. The Hall–Kier alpha value is 1.80. The van der Waals surface area contributed by atoms with E-state index in [-0.39, 0.29) is 104 Å². The molecule has 0 aromatic heterocycles. The minimum atomic E-state index is -0.454. The van der Waals surface area contributed by atoms with E-state index < -0.39 is 11.5 Å². The normalized spacial score (nSPS) is 7.08. The summed E-state index contributed by atoms with van der Waals surface area (Å²) < 4.78 is 0. The minimum Gasteiger partial charge on any atom is -0.581 e. The van der Waals surface area contributed by atoms with E-state index in [0.717, 1.165) is 0 Å². The van der Waals surface area contributed by atoms with E-state index in [0.29, 0.717) is 6.29 Å². The Labute approximate surface area is 152 Å². The van der Waals surface area contributed by atoms with Crippen molar-refractivity contribution < 1.29 is 113 Å². The summed E-state index contributed by atoms with van der Waals surface area (Å²) in [5.74, 6) is -0.852. The van der Waals surface area contributed by atoms with Gasteiger partial charge in [0.2, 0.25) is 0 Å². The molecular weight excluding hydrogens is 399 g/mol. The maximum atomic E-state index is 10.0. The molecular formula is C7H4O3Y3-2. The van der Waals surface area contributed by atoms with Gasteiger partial charge in [0.1, 0.15) is 0 Å². The summed E-state index contributed by atoms with van der Waals surface area (Å²) >= 11 is 0. The van der Waals surface area contributed by atoms with Crippen molar-refractivity contribution in [3.8, 4) is 11.5 Å². The number of carbonyl (C=O) groups is 1. The van der Waals surface area contributed by atoms with Crippen molar-refractivity contribution in [3.63, 3.8) is 0 Å². The van der Waals surface area contributed by atoms with E-state index >= 15 is 0 Å². The molecule has 0 aliphatic heterocycles. The third-order valence-corrected chi connectivity index (χ3v) is 0.978. The molecule has 1 aromatic carbocycles. The first-order valence-corrected chi connectivity index (χ1v) is 2.55. The zero-order valence-corrected chi connectivity index (χ0v) is 15.2. The molecule has 13 heavy (non-hydrogen) atoms. The molecule has 3 radical (unpaired) electrons. The van der Waals surface area contributed by atoms with Crippen LogP contribution < -0.4 is 0 Å². The van der Waals surface area contributed by atoms with E-state index in [4.69, 9.17) is 10.2 Å². The van der Waals surface area contributed by atoms with Crippen LogP contribution in [0.3, 0.4) is 0 Å². The predicted octanol–water partition coefficient (Wildman–Crippen LogP) is 0.503. The molecule has 0 atom stereocenters. The fraction of sp³-hybridized carbons (Fsp3) is 0. The quantitative estimate of drug-likeness (QED) is 0.409. The van der Waals surface area contributed by atoms with Crippen LogP contribution in [-0.2, 0) is 98.1 Å². The van der Waals surface area contributed by atoms with Gasteiger partial charge >= 0.3 is 0 Å². The molecule has 0 spiro atoms. The molecule has 0 saturated carbocycles. The number of phenols is 2.